The normalized spacial score (nSPS) is 13.7. The van der Waals surface area contributed by atoms with Gasteiger partial charge in [0.2, 0.25) is 5.91 Å². The molecule has 0 aliphatic carbocycles. The lowest BCUT2D eigenvalue weighted by Gasteiger charge is -2.19. The van der Waals surface area contributed by atoms with Gasteiger partial charge in [-0.1, -0.05) is 24.3 Å². The molecular formula is C19H19FN4O. The first-order chi connectivity index (χ1) is 12.1. The average Bonchev–Trinajstić information content (AvgIpc) is 2.94. The molecule has 6 heteroatoms. The third-order valence-electron chi connectivity index (χ3n) is 4.64. The van der Waals surface area contributed by atoms with Crippen molar-refractivity contribution in [1.82, 2.24) is 15.1 Å². The number of halogens is 1. The highest BCUT2D eigenvalue weighted by molar-refractivity contribution is 5.95. The van der Waals surface area contributed by atoms with Crippen molar-refractivity contribution in [3.63, 3.8) is 0 Å². The first-order valence-corrected chi connectivity index (χ1v) is 8.35. The zero-order valence-corrected chi connectivity index (χ0v) is 14.0. The maximum Gasteiger partial charge on any atom is 0.230 e. The van der Waals surface area contributed by atoms with Gasteiger partial charge in [0.25, 0.3) is 0 Å². The summed E-state index contributed by atoms with van der Waals surface area (Å²) in [6.45, 7) is 1.42. The van der Waals surface area contributed by atoms with E-state index in [0.29, 0.717) is 24.2 Å². The number of carbonyl (C=O) groups excluding carboxylic acids is 1. The molecule has 4 rings (SSSR count). The predicted molar refractivity (Wildman–Crippen MR) is 94.9 cm³/mol. The second-order valence-corrected chi connectivity index (χ2v) is 6.30. The molecule has 0 unspecified atom stereocenters. The van der Waals surface area contributed by atoms with Crippen LogP contribution >= 0.6 is 0 Å². The summed E-state index contributed by atoms with van der Waals surface area (Å²) in [6, 6.07) is 11.3. The minimum atomic E-state index is -0.321. The van der Waals surface area contributed by atoms with Crippen molar-refractivity contribution in [3.8, 4) is 0 Å². The molecule has 1 amide bonds. The summed E-state index contributed by atoms with van der Waals surface area (Å²) in [5, 5.41) is 11.3. The summed E-state index contributed by atoms with van der Waals surface area (Å²) in [7, 11) is 1.85. The van der Waals surface area contributed by atoms with Crippen LogP contribution in [-0.4, -0.2) is 22.2 Å². The SMILES string of the molecule is Cn1nc(CC(=O)Nc2ccc3c(c2F)CCNC3)c2ccccc21. The third kappa shape index (κ3) is 2.89. The summed E-state index contributed by atoms with van der Waals surface area (Å²) in [5.41, 5.74) is 3.55. The Morgan fingerprint density at radius 2 is 2.16 bits per heavy atom. The minimum Gasteiger partial charge on any atom is -0.323 e. The molecule has 0 spiro atoms. The van der Waals surface area contributed by atoms with Crippen LogP contribution in [0.3, 0.4) is 0 Å². The van der Waals surface area contributed by atoms with E-state index >= 15 is 0 Å². The molecule has 1 aromatic heterocycles. The Morgan fingerprint density at radius 1 is 1.32 bits per heavy atom. The summed E-state index contributed by atoms with van der Waals surface area (Å²) < 4.78 is 16.4. The quantitative estimate of drug-likeness (QED) is 0.772. The van der Waals surface area contributed by atoms with Gasteiger partial charge in [-0.2, -0.15) is 5.10 Å². The lowest BCUT2D eigenvalue weighted by atomic mass is 9.99. The van der Waals surface area contributed by atoms with Crippen molar-refractivity contribution < 1.29 is 9.18 Å². The number of fused-ring (bicyclic) bond motifs is 2. The number of aromatic nitrogens is 2. The number of aryl methyl sites for hydroxylation is 1. The highest BCUT2D eigenvalue weighted by Gasteiger charge is 2.18. The maximum absolute atomic E-state index is 14.6. The number of hydrogen-bond acceptors (Lipinski definition) is 3. The Kier molecular flexibility index (Phi) is 3.97. The number of anilines is 1. The molecule has 1 aliphatic heterocycles. The van der Waals surface area contributed by atoms with Crippen LogP contribution in [0.15, 0.2) is 36.4 Å². The summed E-state index contributed by atoms with van der Waals surface area (Å²) in [4.78, 5) is 12.4. The largest absolute Gasteiger partial charge is 0.323 e. The van der Waals surface area contributed by atoms with Crippen LogP contribution in [0.25, 0.3) is 10.9 Å². The lowest BCUT2D eigenvalue weighted by molar-refractivity contribution is -0.115. The van der Waals surface area contributed by atoms with E-state index < -0.39 is 0 Å². The molecule has 2 heterocycles. The molecule has 2 N–H and O–H groups in total. The highest BCUT2D eigenvalue weighted by atomic mass is 19.1. The van der Waals surface area contributed by atoms with E-state index in [-0.39, 0.29) is 23.8 Å². The first kappa shape index (κ1) is 15.8. The Hall–Kier alpha value is -2.73. The Labute approximate surface area is 144 Å². The van der Waals surface area contributed by atoms with Gasteiger partial charge in [-0.3, -0.25) is 9.48 Å². The van der Waals surface area contributed by atoms with E-state index in [4.69, 9.17) is 0 Å². The number of hydrogen-bond donors (Lipinski definition) is 2. The maximum atomic E-state index is 14.6. The molecule has 2 aromatic carbocycles. The van der Waals surface area contributed by atoms with Crippen LogP contribution in [0, 0.1) is 5.82 Å². The second kappa shape index (κ2) is 6.29. The Morgan fingerprint density at radius 3 is 3.04 bits per heavy atom. The zero-order valence-electron chi connectivity index (χ0n) is 14.0. The van der Waals surface area contributed by atoms with Gasteiger partial charge in [0.1, 0.15) is 5.82 Å². The van der Waals surface area contributed by atoms with Crippen molar-refractivity contribution in [2.45, 2.75) is 19.4 Å². The smallest absolute Gasteiger partial charge is 0.230 e. The van der Waals surface area contributed by atoms with E-state index in [1.54, 1.807) is 10.7 Å². The molecule has 25 heavy (non-hydrogen) atoms. The first-order valence-electron chi connectivity index (χ1n) is 8.35. The summed E-state index contributed by atoms with van der Waals surface area (Å²) >= 11 is 0. The minimum absolute atomic E-state index is 0.111. The number of para-hydroxylation sites is 1. The van der Waals surface area contributed by atoms with E-state index in [0.717, 1.165) is 23.0 Å². The van der Waals surface area contributed by atoms with E-state index in [2.05, 4.69) is 15.7 Å². The average molecular weight is 338 g/mol. The van der Waals surface area contributed by atoms with Gasteiger partial charge in [-0.25, -0.2) is 4.39 Å². The van der Waals surface area contributed by atoms with Crippen molar-refractivity contribution in [3.05, 3.63) is 59.0 Å². The number of nitrogens with zero attached hydrogens (tertiary/aromatic N) is 2. The Bertz CT molecular complexity index is 963. The van der Waals surface area contributed by atoms with Gasteiger partial charge >= 0.3 is 0 Å². The van der Waals surface area contributed by atoms with E-state index in [9.17, 15) is 9.18 Å². The standard InChI is InChI=1S/C19H19FN4O/c1-24-17-5-3-2-4-14(17)16(23-24)10-18(25)22-15-7-6-12-11-21-9-8-13(12)19(15)20/h2-7,21H,8-11H2,1H3,(H,22,25). The van der Waals surface area contributed by atoms with Crippen molar-refractivity contribution in [1.29, 1.82) is 0 Å². The van der Waals surface area contributed by atoms with Crippen LogP contribution in [-0.2, 0) is 31.2 Å². The number of benzene rings is 2. The fourth-order valence-electron chi connectivity index (χ4n) is 3.40. The van der Waals surface area contributed by atoms with Gasteiger partial charge in [0, 0.05) is 19.0 Å². The molecule has 0 fully saturated rings. The number of nitrogens with one attached hydrogen (secondary N) is 2. The molecule has 0 radical (unpaired) electrons. The van der Waals surface area contributed by atoms with Gasteiger partial charge in [0.05, 0.1) is 23.3 Å². The second-order valence-electron chi connectivity index (χ2n) is 6.30. The molecule has 0 bridgehead atoms. The number of rotatable bonds is 3. The molecule has 128 valence electrons. The van der Waals surface area contributed by atoms with Crippen LogP contribution in [0.1, 0.15) is 16.8 Å². The molecule has 3 aromatic rings. The topological polar surface area (TPSA) is 59.0 Å². The van der Waals surface area contributed by atoms with Crippen LogP contribution < -0.4 is 10.6 Å². The van der Waals surface area contributed by atoms with Crippen LogP contribution in [0.2, 0.25) is 0 Å². The van der Waals surface area contributed by atoms with Crippen molar-refractivity contribution in [2.75, 3.05) is 11.9 Å². The van der Waals surface area contributed by atoms with Crippen LogP contribution in [0.4, 0.5) is 10.1 Å². The molecule has 0 saturated heterocycles. The Balaban J connectivity index is 1.56. The van der Waals surface area contributed by atoms with Crippen molar-refractivity contribution in [2.24, 2.45) is 7.05 Å². The van der Waals surface area contributed by atoms with Gasteiger partial charge < -0.3 is 10.6 Å². The monoisotopic (exact) mass is 338 g/mol. The molecule has 0 atom stereocenters. The lowest BCUT2D eigenvalue weighted by Crippen LogP contribution is -2.25. The fraction of sp³-hybridized carbons (Fsp3) is 0.263. The third-order valence-corrected chi connectivity index (χ3v) is 4.64. The molecular weight excluding hydrogens is 319 g/mol. The highest BCUT2D eigenvalue weighted by Crippen LogP contribution is 2.25. The number of carbonyl (C=O) groups is 1. The number of amides is 1. The molecule has 0 saturated carbocycles. The molecule has 1 aliphatic rings. The van der Waals surface area contributed by atoms with E-state index in [1.807, 2.05) is 37.4 Å². The van der Waals surface area contributed by atoms with Gasteiger partial charge in [-0.15, -0.1) is 0 Å². The predicted octanol–water partition coefficient (Wildman–Crippen LogP) is 2.54. The summed E-state index contributed by atoms with van der Waals surface area (Å²) in [5.74, 6) is -0.588. The van der Waals surface area contributed by atoms with E-state index in [1.165, 1.54) is 0 Å². The molecule has 5 nitrogen and oxygen atoms in total. The fourth-order valence-corrected chi connectivity index (χ4v) is 3.40. The van der Waals surface area contributed by atoms with Crippen LogP contribution in [0.5, 0.6) is 0 Å². The zero-order chi connectivity index (χ0) is 17.4. The van der Waals surface area contributed by atoms with Crippen molar-refractivity contribution >= 4 is 22.5 Å². The summed E-state index contributed by atoms with van der Waals surface area (Å²) in [6.07, 6.45) is 0.745. The van der Waals surface area contributed by atoms with Gasteiger partial charge in [0.15, 0.2) is 0 Å². The van der Waals surface area contributed by atoms with Gasteiger partial charge in [-0.05, 0) is 36.2 Å².